The highest BCUT2D eigenvalue weighted by molar-refractivity contribution is 5.29. The maximum Gasteiger partial charge on any atom is 0.217 e. The Morgan fingerprint density at radius 1 is 1.39 bits per heavy atom. The van der Waals surface area contributed by atoms with Gasteiger partial charge in [-0.05, 0) is 30.7 Å². The summed E-state index contributed by atoms with van der Waals surface area (Å²) in [5.74, 6) is 2.16. The van der Waals surface area contributed by atoms with E-state index in [0.29, 0.717) is 11.8 Å². The number of nitrogens with zero attached hydrogens (tertiary/aromatic N) is 1. The van der Waals surface area contributed by atoms with Crippen LogP contribution in [-0.4, -0.2) is 12.1 Å². The van der Waals surface area contributed by atoms with Gasteiger partial charge >= 0.3 is 0 Å². The summed E-state index contributed by atoms with van der Waals surface area (Å²) in [6.07, 6.45) is 8.16. The van der Waals surface area contributed by atoms with Crippen molar-refractivity contribution in [1.29, 1.82) is 0 Å². The first-order valence-corrected chi connectivity index (χ1v) is 7.00. The van der Waals surface area contributed by atoms with Crippen molar-refractivity contribution in [1.82, 2.24) is 4.98 Å². The Kier molecular flexibility index (Phi) is 4.59. The van der Waals surface area contributed by atoms with Crippen molar-refractivity contribution in [2.45, 2.75) is 45.1 Å². The molecule has 0 radical (unpaired) electrons. The van der Waals surface area contributed by atoms with Crippen LogP contribution in [0.4, 0.5) is 0 Å². The quantitative estimate of drug-likeness (QED) is 0.889. The Morgan fingerprint density at radius 2 is 2.11 bits per heavy atom. The lowest BCUT2D eigenvalue weighted by atomic mass is 9.76. The molecule has 0 aromatic carbocycles. The first-order valence-electron chi connectivity index (χ1n) is 7.00. The Bertz CT molecular complexity index is 373. The van der Waals surface area contributed by atoms with E-state index in [1.165, 1.54) is 32.1 Å². The summed E-state index contributed by atoms with van der Waals surface area (Å²) in [5.41, 5.74) is 7.47. The van der Waals surface area contributed by atoms with Gasteiger partial charge in [0.1, 0.15) is 0 Å². The van der Waals surface area contributed by atoms with Gasteiger partial charge in [0.2, 0.25) is 5.88 Å². The molecule has 1 fully saturated rings. The minimum atomic E-state index is 0.0615. The molecule has 1 aromatic rings. The zero-order valence-corrected chi connectivity index (χ0v) is 11.4. The van der Waals surface area contributed by atoms with Gasteiger partial charge in [-0.25, -0.2) is 4.98 Å². The zero-order chi connectivity index (χ0) is 13.0. The summed E-state index contributed by atoms with van der Waals surface area (Å²) in [6.45, 7) is 2.29. The van der Waals surface area contributed by atoms with E-state index in [2.05, 4.69) is 11.9 Å². The van der Waals surface area contributed by atoms with E-state index in [1.807, 2.05) is 12.1 Å². The molecule has 1 heterocycles. The summed E-state index contributed by atoms with van der Waals surface area (Å²) in [7, 11) is 1.66. The molecule has 1 aromatic heterocycles. The molecule has 2 N–H and O–H groups in total. The van der Waals surface area contributed by atoms with Crippen molar-refractivity contribution < 1.29 is 4.74 Å². The molecular formula is C15H24N2O. The van der Waals surface area contributed by atoms with Crippen molar-refractivity contribution in [3.05, 3.63) is 23.9 Å². The predicted octanol–water partition coefficient (Wildman–Crippen LogP) is 3.31. The molecule has 0 bridgehead atoms. The van der Waals surface area contributed by atoms with E-state index >= 15 is 0 Å². The molecule has 18 heavy (non-hydrogen) atoms. The molecule has 1 aliphatic rings. The number of methoxy groups -OCH3 is 1. The van der Waals surface area contributed by atoms with Crippen LogP contribution in [0, 0.1) is 11.8 Å². The van der Waals surface area contributed by atoms with Gasteiger partial charge in [-0.15, -0.1) is 0 Å². The van der Waals surface area contributed by atoms with Gasteiger partial charge in [0.05, 0.1) is 7.11 Å². The van der Waals surface area contributed by atoms with Crippen LogP contribution in [0.15, 0.2) is 18.3 Å². The third-order valence-corrected chi connectivity index (χ3v) is 4.33. The SMILES string of the molecule is CCC1CCC(C(N)c2cccnc2OC)CC1. The van der Waals surface area contributed by atoms with Crippen LogP contribution in [-0.2, 0) is 0 Å². The van der Waals surface area contributed by atoms with Gasteiger partial charge in [0.15, 0.2) is 0 Å². The minimum Gasteiger partial charge on any atom is -0.481 e. The van der Waals surface area contributed by atoms with Crippen molar-refractivity contribution >= 4 is 0 Å². The van der Waals surface area contributed by atoms with E-state index in [4.69, 9.17) is 10.5 Å². The Balaban J connectivity index is 2.05. The number of hydrogen-bond acceptors (Lipinski definition) is 3. The molecule has 1 aliphatic carbocycles. The summed E-state index contributed by atoms with van der Waals surface area (Å²) in [5, 5.41) is 0. The number of ether oxygens (including phenoxy) is 1. The molecule has 0 amide bonds. The van der Waals surface area contributed by atoms with Crippen LogP contribution in [0.1, 0.15) is 50.6 Å². The maximum atomic E-state index is 6.41. The fourth-order valence-corrected chi connectivity index (χ4v) is 3.04. The first-order chi connectivity index (χ1) is 8.76. The second kappa shape index (κ2) is 6.19. The summed E-state index contributed by atoms with van der Waals surface area (Å²) >= 11 is 0. The van der Waals surface area contributed by atoms with Crippen LogP contribution in [0.5, 0.6) is 5.88 Å². The summed E-state index contributed by atoms with van der Waals surface area (Å²) in [6, 6.07) is 4.05. The van der Waals surface area contributed by atoms with Crippen molar-refractivity contribution in [3.8, 4) is 5.88 Å². The average Bonchev–Trinajstić information content (AvgIpc) is 2.46. The standard InChI is InChI=1S/C15H24N2O/c1-3-11-6-8-12(9-7-11)14(16)13-5-4-10-17-15(13)18-2/h4-5,10-12,14H,3,6-9,16H2,1-2H3. The topological polar surface area (TPSA) is 48.1 Å². The van der Waals surface area contributed by atoms with Crippen molar-refractivity contribution in [2.24, 2.45) is 17.6 Å². The average molecular weight is 248 g/mol. The predicted molar refractivity (Wildman–Crippen MR) is 73.5 cm³/mol. The second-order valence-electron chi connectivity index (χ2n) is 5.32. The normalized spacial score (nSPS) is 25.7. The van der Waals surface area contributed by atoms with Gasteiger partial charge in [-0.1, -0.05) is 32.3 Å². The summed E-state index contributed by atoms with van der Waals surface area (Å²) < 4.78 is 5.31. The molecule has 0 saturated heterocycles. The molecule has 2 rings (SSSR count). The lowest BCUT2D eigenvalue weighted by molar-refractivity contribution is 0.236. The number of aromatic nitrogens is 1. The van der Waals surface area contributed by atoms with Gasteiger partial charge in [-0.3, -0.25) is 0 Å². The van der Waals surface area contributed by atoms with Crippen LogP contribution >= 0.6 is 0 Å². The first kappa shape index (κ1) is 13.3. The zero-order valence-electron chi connectivity index (χ0n) is 11.4. The molecule has 3 heteroatoms. The third-order valence-electron chi connectivity index (χ3n) is 4.33. The molecule has 1 saturated carbocycles. The van der Waals surface area contributed by atoms with Crippen molar-refractivity contribution in [2.75, 3.05) is 7.11 Å². The summed E-state index contributed by atoms with van der Waals surface area (Å²) in [4.78, 5) is 4.24. The highest BCUT2D eigenvalue weighted by Gasteiger charge is 2.27. The Morgan fingerprint density at radius 3 is 2.72 bits per heavy atom. The van der Waals surface area contributed by atoms with Crippen LogP contribution < -0.4 is 10.5 Å². The minimum absolute atomic E-state index is 0.0615. The lowest BCUT2D eigenvalue weighted by Crippen LogP contribution is -2.26. The van der Waals surface area contributed by atoms with Crippen LogP contribution in [0.2, 0.25) is 0 Å². The Hall–Kier alpha value is -1.09. The smallest absolute Gasteiger partial charge is 0.217 e. The molecule has 0 spiro atoms. The van der Waals surface area contributed by atoms with Crippen LogP contribution in [0.25, 0.3) is 0 Å². The molecule has 1 unspecified atom stereocenters. The van der Waals surface area contributed by atoms with Gasteiger partial charge < -0.3 is 10.5 Å². The van der Waals surface area contributed by atoms with Gasteiger partial charge in [0, 0.05) is 17.8 Å². The molecule has 0 aliphatic heterocycles. The fourth-order valence-electron chi connectivity index (χ4n) is 3.04. The highest BCUT2D eigenvalue weighted by Crippen LogP contribution is 2.38. The van der Waals surface area contributed by atoms with E-state index < -0.39 is 0 Å². The maximum absolute atomic E-state index is 6.41. The third kappa shape index (κ3) is 2.83. The van der Waals surface area contributed by atoms with E-state index in [1.54, 1.807) is 13.3 Å². The van der Waals surface area contributed by atoms with Crippen LogP contribution in [0.3, 0.4) is 0 Å². The van der Waals surface area contributed by atoms with E-state index in [-0.39, 0.29) is 6.04 Å². The monoisotopic (exact) mass is 248 g/mol. The number of nitrogens with two attached hydrogens (primary N) is 1. The number of pyridine rings is 1. The molecule has 100 valence electrons. The number of rotatable bonds is 4. The second-order valence-corrected chi connectivity index (χ2v) is 5.32. The van der Waals surface area contributed by atoms with Crippen molar-refractivity contribution in [3.63, 3.8) is 0 Å². The largest absolute Gasteiger partial charge is 0.481 e. The molecule has 1 atom stereocenters. The fraction of sp³-hybridized carbons (Fsp3) is 0.667. The van der Waals surface area contributed by atoms with Gasteiger partial charge in [-0.2, -0.15) is 0 Å². The highest BCUT2D eigenvalue weighted by atomic mass is 16.5. The molecular weight excluding hydrogens is 224 g/mol. The Labute approximate surface area is 110 Å². The number of hydrogen-bond donors (Lipinski definition) is 1. The van der Waals surface area contributed by atoms with E-state index in [9.17, 15) is 0 Å². The lowest BCUT2D eigenvalue weighted by Gasteiger charge is -2.32. The molecule has 3 nitrogen and oxygen atoms in total. The van der Waals surface area contributed by atoms with E-state index in [0.717, 1.165) is 11.5 Å². The van der Waals surface area contributed by atoms with Gasteiger partial charge in [0.25, 0.3) is 0 Å².